The largest absolute Gasteiger partial charge is 0.497 e. The highest BCUT2D eigenvalue weighted by Crippen LogP contribution is 2.25. The van der Waals surface area contributed by atoms with Crippen molar-refractivity contribution in [3.63, 3.8) is 0 Å². The van der Waals surface area contributed by atoms with Gasteiger partial charge in [-0.3, -0.25) is 4.79 Å². The van der Waals surface area contributed by atoms with Crippen molar-refractivity contribution in [2.24, 2.45) is 0 Å². The number of likely N-dealkylation sites (N-methyl/N-ethyl adjacent to an activating group) is 1. The molecule has 1 aliphatic heterocycles. The summed E-state index contributed by atoms with van der Waals surface area (Å²) in [6.07, 6.45) is 3.40. The van der Waals surface area contributed by atoms with Gasteiger partial charge in [-0.25, -0.2) is 0 Å². The van der Waals surface area contributed by atoms with Crippen LogP contribution in [-0.4, -0.2) is 62.7 Å². The molecule has 0 N–H and O–H groups in total. The zero-order chi connectivity index (χ0) is 15.9. The Bertz CT molecular complexity index is 535. The maximum absolute atomic E-state index is 12.3. The number of piperazine rings is 1. The lowest BCUT2D eigenvalue weighted by atomic mass is 10.1. The Hall–Kier alpha value is -2.01. The molecule has 22 heavy (non-hydrogen) atoms. The van der Waals surface area contributed by atoms with Crippen molar-refractivity contribution in [2.45, 2.75) is 6.92 Å². The van der Waals surface area contributed by atoms with Crippen molar-refractivity contribution in [3.8, 4) is 11.5 Å². The lowest BCUT2D eigenvalue weighted by Gasteiger charge is -2.33. The summed E-state index contributed by atoms with van der Waals surface area (Å²) in [5.74, 6) is 1.51. The predicted octanol–water partition coefficient (Wildman–Crippen LogP) is 1.88. The summed E-state index contributed by atoms with van der Waals surface area (Å²) in [6, 6.07) is 5.53. The molecule has 0 aliphatic carbocycles. The van der Waals surface area contributed by atoms with Crippen LogP contribution in [0.25, 0.3) is 6.08 Å². The fraction of sp³-hybridized carbons (Fsp3) is 0.471. The van der Waals surface area contributed by atoms with Crippen LogP contribution in [0.1, 0.15) is 12.5 Å². The van der Waals surface area contributed by atoms with Gasteiger partial charge in [0.15, 0.2) is 0 Å². The van der Waals surface area contributed by atoms with Gasteiger partial charge >= 0.3 is 0 Å². The summed E-state index contributed by atoms with van der Waals surface area (Å²) >= 11 is 0. The van der Waals surface area contributed by atoms with Crippen molar-refractivity contribution in [1.82, 2.24) is 9.80 Å². The summed E-state index contributed by atoms with van der Waals surface area (Å²) in [7, 11) is 3.23. The van der Waals surface area contributed by atoms with Gasteiger partial charge in [0.25, 0.3) is 0 Å². The van der Waals surface area contributed by atoms with Crippen LogP contribution in [0.3, 0.4) is 0 Å². The van der Waals surface area contributed by atoms with Gasteiger partial charge in [0.05, 0.1) is 14.2 Å². The number of methoxy groups -OCH3 is 2. The first-order valence-corrected chi connectivity index (χ1v) is 7.59. The average Bonchev–Trinajstić information content (AvgIpc) is 2.59. The molecule has 0 aromatic heterocycles. The SMILES string of the molecule is CCN1CCN(C(=O)/C=C/c2cc(OC)ccc2OC)CC1. The first-order chi connectivity index (χ1) is 10.7. The minimum atomic E-state index is 0.0422. The lowest BCUT2D eigenvalue weighted by Crippen LogP contribution is -2.48. The predicted molar refractivity (Wildman–Crippen MR) is 87.3 cm³/mol. The van der Waals surface area contributed by atoms with Gasteiger partial charge < -0.3 is 19.3 Å². The van der Waals surface area contributed by atoms with Crippen molar-refractivity contribution in [3.05, 3.63) is 29.8 Å². The quantitative estimate of drug-likeness (QED) is 0.779. The first kappa shape index (κ1) is 16.4. The van der Waals surface area contributed by atoms with Crippen LogP contribution < -0.4 is 9.47 Å². The molecule has 1 aromatic rings. The van der Waals surface area contributed by atoms with Gasteiger partial charge in [0.2, 0.25) is 5.91 Å². The monoisotopic (exact) mass is 304 g/mol. The second kappa shape index (κ2) is 7.84. The molecule has 1 amide bonds. The number of carbonyl (C=O) groups is 1. The summed E-state index contributed by atoms with van der Waals surface area (Å²) < 4.78 is 10.5. The molecule has 120 valence electrons. The van der Waals surface area contributed by atoms with Crippen LogP contribution in [0.15, 0.2) is 24.3 Å². The minimum Gasteiger partial charge on any atom is -0.497 e. The second-order valence-electron chi connectivity index (χ2n) is 5.20. The van der Waals surface area contributed by atoms with Crippen molar-refractivity contribution in [2.75, 3.05) is 46.9 Å². The third-order valence-electron chi connectivity index (χ3n) is 3.97. The molecule has 0 spiro atoms. The van der Waals surface area contributed by atoms with Gasteiger partial charge in [-0.15, -0.1) is 0 Å². The van der Waals surface area contributed by atoms with Gasteiger partial charge in [-0.2, -0.15) is 0 Å². The summed E-state index contributed by atoms with van der Waals surface area (Å²) in [5, 5.41) is 0. The average molecular weight is 304 g/mol. The Labute approximate surface area is 132 Å². The van der Waals surface area contributed by atoms with E-state index in [2.05, 4.69) is 11.8 Å². The van der Waals surface area contributed by atoms with Crippen LogP contribution in [0, 0.1) is 0 Å². The number of benzene rings is 1. The zero-order valence-corrected chi connectivity index (χ0v) is 13.5. The minimum absolute atomic E-state index is 0.0422. The Morgan fingerprint density at radius 3 is 2.50 bits per heavy atom. The van der Waals surface area contributed by atoms with Crippen molar-refractivity contribution < 1.29 is 14.3 Å². The molecular weight excluding hydrogens is 280 g/mol. The molecule has 0 bridgehead atoms. The van der Waals surface area contributed by atoms with E-state index < -0.39 is 0 Å². The van der Waals surface area contributed by atoms with E-state index in [4.69, 9.17) is 9.47 Å². The number of rotatable bonds is 5. The number of carbonyl (C=O) groups excluding carboxylic acids is 1. The molecule has 1 aliphatic rings. The van der Waals surface area contributed by atoms with Crippen LogP contribution in [0.4, 0.5) is 0 Å². The highest BCUT2D eigenvalue weighted by molar-refractivity contribution is 5.92. The third kappa shape index (κ3) is 4.01. The maximum Gasteiger partial charge on any atom is 0.246 e. The van der Waals surface area contributed by atoms with Gasteiger partial charge in [-0.1, -0.05) is 6.92 Å². The zero-order valence-electron chi connectivity index (χ0n) is 13.5. The van der Waals surface area contributed by atoms with Crippen LogP contribution in [0.5, 0.6) is 11.5 Å². The van der Waals surface area contributed by atoms with E-state index >= 15 is 0 Å². The van der Waals surface area contributed by atoms with Crippen molar-refractivity contribution >= 4 is 12.0 Å². The highest BCUT2D eigenvalue weighted by atomic mass is 16.5. The number of hydrogen-bond acceptors (Lipinski definition) is 4. The van der Waals surface area contributed by atoms with E-state index in [1.54, 1.807) is 26.4 Å². The molecule has 1 aromatic carbocycles. The van der Waals surface area contributed by atoms with Crippen molar-refractivity contribution in [1.29, 1.82) is 0 Å². The molecule has 0 saturated carbocycles. The molecule has 1 saturated heterocycles. The molecule has 0 unspecified atom stereocenters. The van der Waals surface area contributed by atoms with E-state index in [-0.39, 0.29) is 5.91 Å². The van der Waals surface area contributed by atoms with Crippen LogP contribution >= 0.6 is 0 Å². The standard InChI is InChI=1S/C17H24N2O3/c1-4-18-9-11-19(12-10-18)17(20)8-5-14-13-15(21-2)6-7-16(14)22-3/h5-8,13H,4,9-12H2,1-3H3/b8-5+. The third-order valence-corrected chi connectivity index (χ3v) is 3.97. The van der Waals surface area contributed by atoms with Crippen LogP contribution in [-0.2, 0) is 4.79 Å². The Morgan fingerprint density at radius 1 is 1.18 bits per heavy atom. The number of nitrogens with zero attached hydrogens (tertiary/aromatic N) is 2. The molecule has 1 fully saturated rings. The molecule has 0 radical (unpaired) electrons. The van der Waals surface area contributed by atoms with Gasteiger partial charge in [0.1, 0.15) is 11.5 Å². The topological polar surface area (TPSA) is 42.0 Å². The van der Waals surface area contributed by atoms with E-state index in [0.717, 1.165) is 49.8 Å². The highest BCUT2D eigenvalue weighted by Gasteiger charge is 2.18. The Morgan fingerprint density at radius 2 is 1.91 bits per heavy atom. The normalized spacial score (nSPS) is 16.0. The number of amides is 1. The fourth-order valence-electron chi connectivity index (χ4n) is 2.52. The Kier molecular flexibility index (Phi) is 5.83. The smallest absolute Gasteiger partial charge is 0.246 e. The number of ether oxygens (including phenoxy) is 2. The molecule has 1 heterocycles. The first-order valence-electron chi connectivity index (χ1n) is 7.59. The molecule has 2 rings (SSSR count). The summed E-state index contributed by atoms with van der Waals surface area (Å²) in [4.78, 5) is 16.5. The molecule has 5 nitrogen and oxygen atoms in total. The number of hydrogen-bond donors (Lipinski definition) is 0. The molecule has 0 atom stereocenters. The lowest BCUT2D eigenvalue weighted by molar-refractivity contribution is -0.127. The second-order valence-corrected chi connectivity index (χ2v) is 5.20. The molecule has 5 heteroatoms. The molecular formula is C17H24N2O3. The van der Waals surface area contributed by atoms with Gasteiger partial charge in [-0.05, 0) is 30.8 Å². The van der Waals surface area contributed by atoms with E-state index in [0.29, 0.717) is 0 Å². The van der Waals surface area contributed by atoms with E-state index in [9.17, 15) is 4.79 Å². The summed E-state index contributed by atoms with van der Waals surface area (Å²) in [5.41, 5.74) is 0.836. The summed E-state index contributed by atoms with van der Waals surface area (Å²) in [6.45, 7) is 6.64. The van der Waals surface area contributed by atoms with E-state index in [1.165, 1.54) is 0 Å². The van der Waals surface area contributed by atoms with Crippen LogP contribution in [0.2, 0.25) is 0 Å². The fourth-order valence-corrected chi connectivity index (χ4v) is 2.52. The van der Waals surface area contributed by atoms with Gasteiger partial charge in [0, 0.05) is 37.8 Å². The maximum atomic E-state index is 12.3. The van der Waals surface area contributed by atoms with E-state index in [1.807, 2.05) is 23.1 Å². The Balaban J connectivity index is 2.03.